The first kappa shape index (κ1) is 24.9. The lowest BCUT2D eigenvalue weighted by Crippen LogP contribution is -1.94. The Kier molecular flexibility index (Phi) is 9.28. The average Bonchev–Trinajstić information content (AvgIpc) is 2.81. The molecule has 2 aromatic heterocycles. The first-order chi connectivity index (χ1) is 14.8. The standard InChI is InChI=1S/C26H18N4.2BrH/c27-14-9-19-1-5-22(6-2-19)25-24(21-11-16-29-17-12-21)13-18-30-26(25)23-7-3-20(4-8-23)10-15-28;;/h1-8,11-13,16-18H,9-10H2;2*1H. The fraction of sp³-hybridized carbons (Fsp3) is 0.0769. The summed E-state index contributed by atoms with van der Waals surface area (Å²) in [5.41, 5.74) is 8.02. The highest BCUT2D eigenvalue weighted by atomic mass is 79.9. The molecule has 0 fully saturated rings. The Morgan fingerprint density at radius 3 is 1.66 bits per heavy atom. The average molecular weight is 548 g/mol. The van der Waals surface area contributed by atoms with Crippen LogP contribution in [0.25, 0.3) is 33.5 Å². The molecule has 2 heterocycles. The van der Waals surface area contributed by atoms with Crippen molar-refractivity contribution in [1.82, 2.24) is 9.97 Å². The van der Waals surface area contributed by atoms with E-state index in [0.717, 1.165) is 44.6 Å². The molecule has 0 N–H and O–H groups in total. The van der Waals surface area contributed by atoms with Gasteiger partial charge in [-0.15, -0.1) is 34.0 Å². The van der Waals surface area contributed by atoms with Gasteiger partial charge in [0.2, 0.25) is 0 Å². The van der Waals surface area contributed by atoms with Gasteiger partial charge >= 0.3 is 0 Å². The molecule has 0 amide bonds. The van der Waals surface area contributed by atoms with E-state index in [0.29, 0.717) is 12.8 Å². The molecule has 0 spiro atoms. The second-order valence-electron chi connectivity index (χ2n) is 6.88. The first-order valence-electron chi connectivity index (χ1n) is 9.62. The van der Waals surface area contributed by atoms with Crippen molar-refractivity contribution in [2.24, 2.45) is 0 Å². The Bertz CT molecular complexity index is 1240. The van der Waals surface area contributed by atoms with Crippen LogP contribution in [-0.2, 0) is 12.8 Å². The van der Waals surface area contributed by atoms with Gasteiger partial charge in [0.15, 0.2) is 0 Å². The third-order valence-electron chi connectivity index (χ3n) is 4.98. The summed E-state index contributed by atoms with van der Waals surface area (Å²) in [7, 11) is 0. The van der Waals surface area contributed by atoms with Crippen LogP contribution in [0.3, 0.4) is 0 Å². The number of rotatable bonds is 5. The molecule has 0 unspecified atom stereocenters. The van der Waals surface area contributed by atoms with Crippen LogP contribution in [0.2, 0.25) is 0 Å². The van der Waals surface area contributed by atoms with Crippen LogP contribution < -0.4 is 0 Å². The van der Waals surface area contributed by atoms with Crippen molar-refractivity contribution in [3.8, 4) is 45.6 Å². The summed E-state index contributed by atoms with van der Waals surface area (Å²) in [4.78, 5) is 8.85. The van der Waals surface area contributed by atoms with E-state index in [-0.39, 0.29) is 34.0 Å². The number of nitriles is 2. The third kappa shape index (κ3) is 5.48. The van der Waals surface area contributed by atoms with Gasteiger partial charge in [-0.3, -0.25) is 9.97 Å². The lowest BCUT2D eigenvalue weighted by molar-refractivity contribution is 1.25. The fourth-order valence-corrected chi connectivity index (χ4v) is 3.50. The minimum absolute atomic E-state index is 0. The number of nitrogens with zero attached hydrogens (tertiary/aromatic N) is 4. The molecule has 4 rings (SSSR count). The van der Waals surface area contributed by atoms with E-state index in [9.17, 15) is 0 Å². The Morgan fingerprint density at radius 2 is 1.12 bits per heavy atom. The molecule has 0 atom stereocenters. The number of hydrogen-bond acceptors (Lipinski definition) is 4. The van der Waals surface area contributed by atoms with Crippen LogP contribution in [0.1, 0.15) is 11.1 Å². The zero-order valence-electron chi connectivity index (χ0n) is 17.1. The summed E-state index contributed by atoms with van der Waals surface area (Å²) in [5.74, 6) is 0. The lowest BCUT2D eigenvalue weighted by atomic mass is 9.91. The first-order valence-corrected chi connectivity index (χ1v) is 9.62. The number of halogens is 2. The summed E-state index contributed by atoms with van der Waals surface area (Å²) >= 11 is 0. The van der Waals surface area contributed by atoms with Crippen molar-refractivity contribution in [3.63, 3.8) is 0 Å². The van der Waals surface area contributed by atoms with Gasteiger partial charge in [0, 0.05) is 29.7 Å². The van der Waals surface area contributed by atoms with E-state index >= 15 is 0 Å². The highest BCUT2D eigenvalue weighted by Gasteiger charge is 2.15. The van der Waals surface area contributed by atoms with Gasteiger partial charge in [-0.25, -0.2) is 0 Å². The molecular formula is C26H20Br2N4. The fourth-order valence-electron chi connectivity index (χ4n) is 3.50. The van der Waals surface area contributed by atoms with Crippen LogP contribution in [0.5, 0.6) is 0 Å². The summed E-state index contributed by atoms with van der Waals surface area (Å²) in [5, 5.41) is 17.9. The molecule has 0 saturated heterocycles. The number of aromatic nitrogens is 2. The largest absolute Gasteiger partial charge is 0.265 e. The summed E-state index contributed by atoms with van der Waals surface area (Å²) < 4.78 is 0. The molecule has 158 valence electrons. The van der Waals surface area contributed by atoms with Gasteiger partial charge in [0.05, 0.1) is 30.7 Å². The van der Waals surface area contributed by atoms with Crippen molar-refractivity contribution in [2.45, 2.75) is 12.8 Å². The van der Waals surface area contributed by atoms with Crippen molar-refractivity contribution in [1.29, 1.82) is 10.5 Å². The van der Waals surface area contributed by atoms with E-state index < -0.39 is 0 Å². The molecule has 2 aromatic carbocycles. The number of benzene rings is 2. The van der Waals surface area contributed by atoms with Gasteiger partial charge < -0.3 is 0 Å². The summed E-state index contributed by atoms with van der Waals surface area (Å²) in [6.45, 7) is 0. The van der Waals surface area contributed by atoms with Crippen molar-refractivity contribution in [2.75, 3.05) is 0 Å². The number of pyridine rings is 2. The maximum absolute atomic E-state index is 8.97. The quantitative estimate of drug-likeness (QED) is 0.276. The summed E-state index contributed by atoms with van der Waals surface area (Å²) in [6.07, 6.45) is 6.16. The van der Waals surface area contributed by atoms with Crippen LogP contribution in [0.4, 0.5) is 0 Å². The maximum atomic E-state index is 8.97. The smallest absolute Gasteiger partial charge is 0.0786 e. The molecular weight excluding hydrogens is 528 g/mol. The second-order valence-corrected chi connectivity index (χ2v) is 6.88. The van der Waals surface area contributed by atoms with E-state index in [2.05, 4.69) is 17.1 Å². The Hall–Kier alpha value is -3.32. The molecule has 4 nitrogen and oxygen atoms in total. The second kappa shape index (κ2) is 11.9. The zero-order chi connectivity index (χ0) is 20.8. The van der Waals surface area contributed by atoms with E-state index in [4.69, 9.17) is 15.5 Å². The third-order valence-corrected chi connectivity index (χ3v) is 4.98. The summed E-state index contributed by atoms with van der Waals surface area (Å²) in [6, 6.07) is 26.4. The molecule has 6 heteroatoms. The van der Waals surface area contributed by atoms with E-state index in [1.54, 1.807) is 12.4 Å². The normalized spacial score (nSPS) is 9.56. The highest BCUT2D eigenvalue weighted by molar-refractivity contribution is 8.93. The lowest BCUT2D eigenvalue weighted by Gasteiger charge is -2.15. The molecule has 0 aliphatic carbocycles. The predicted molar refractivity (Wildman–Crippen MR) is 138 cm³/mol. The highest BCUT2D eigenvalue weighted by Crippen LogP contribution is 2.38. The van der Waals surface area contributed by atoms with Crippen LogP contribution >= 0.6 is 34.0 Å². The molecule has 0 saturated carbocycles. The number of hydrogen-bond donors (Lipinski definition) is 0. The molecule has 0 radical (unpaired) electrons. The molecule has 32 heavy (non-hydrogen) atoms. The molecule has 0 aliphatic heterocycles. The van der Waals surface area contributed by atoms with Gasteiger partial charge in [-0.05, 0) is 46.0 Å². The molecule has 0 aliphatic rings. The molecule has 4 aromatic rings. The SMILES string of the molecule is Br.Br.N#CCc1ccc(-c2nccc(-c3ccncc3)c2-c2ccc(CC#N)cc2)cc1. The minimum atomic E-state index is 0. The monoisotopic (exact) mass is 546 g/mol. The predicted octanol–water partition coefficient (Wildman–Crippen LogP) is 6.77. The minimum Gasteiger partial charge on any atom is -0.265 e. The Morgan fingerprint density at radius 1 is 0.594 bits per heavy atom. The van der Waals surface area contributed by atoms with E-state index in [1.807, 2.05) is 72.9 Å². The Balaban J connectivity index is 0.00000181. The van der Waals surface area contributed by atoms with Crippen LogP contribution in [0.15, 0.2) is 85.3 Å². The Labute approximate surface area is 208 Å². The zero-order valence-corrected chi connectivity index (χ0v) is 20.5. The van der Waals surface area contributed by atoms with Crippen molar-refractivity contribution < 1.29 is 0 Å². The van der Waals surface area contributed by atoms with Gasteiger partial charge in [-0.2, -0.15) is 10.5 Å². The van der Waals surface area contributed by atoms with E-state index in [1.165, 1.54) is 0 Å². The maximum Gasteiger partial charge on any atom is 0.0786 e. The van der Waals surface area contributed by atoms with Gasteiger partial charge in [0.1, 0.15) is 0 Å². The van der Waals surface area contributed by atoms with Gasteiger partial charge in [0.25, 0.3) is 0 Å². The van der Waals surface area contributed by atoms with Crippen molar-refractivity contribution >= 4 is 34.0 Å². The van der Waals surface area contributed by atoms with Crippen molar-refractivity contribution in [3.05, 3.63) is 96.4 Å². The molecule has 0 bridgehead atoms. The topological polar surface area (TPSA) is 73.4 Å². The van der Waals surface area contributed by atoms with Crippen LogP contribution in [-0.4, -0.2) is 9.97 Å². The van der Waals surface area contributed by atoms with Crippen LogP contribution in [0, 0.1) is 22.7 Å². The van der Waals surface area contributed by atoms with Gasteiger partial charge in [-0.1, -0.05) is 48.5 Å².